The molecule has 188 valence electrons. The Morgan fingerprint density at radius 3 is 2.28 bits per heavy atom. The van der Waals surface area contributed by atoms with Crippen molar-refractivity contribution < 1.29 is 23.5 Å². The van der Waals surface area contributed by atoms with Crippen LogP contribution in [0.2, 0.25) is 0 Å². The number of hydrogen-bond acceptors (Lipinski definition) is 7. The monoisotopic (exact) mass is 492 g/mol. The number of nitrogens with zero attached hydrogens (tertiary/aromatic N) is 4. The van der Waals surface area contributed by atoms with E-state index < -0.39 is 17.5 Å². The normalized spacial score (nSPS) is 13.9. The summed E-state index contributed by atoms with van der Waals surface area (Å²) < 4.78 is 24.7. The lowest BCUT2D eigenvalue weighted by molar-refractivity contribution is 0.0240. The van der Waals surface area contributed by atoms with E-state index in [0.29, 0.717) is 54.4 Å². The predicted octanol–water partition coefficient (Wildman–Crippen LogP) is 4.79. The Bertz CT molecular complexity index is 1250. The number of carbonyl (C=O) groups excluding carboxylic acids is 2. The molecule has 0 N–H and O–H groups in total. The Labute approximate surface area is 209 Å². The first-order valence-corrected chi connectivity index (χ1v) is 11.7. The fourth-order valence-electron chi connectivity index (χ4n) is 4.06. The first-order chi connectivity index (χ1) is 17.2. The second-order valence-electron chi connectivity index (χ2n) is 9.43. The molecule has 0 aliphatic carbocycles. The van der Waals surface area contributed by atoms with Crippen LogP contribution < -0.4 is 4.90 Å². The molecule has 1 saturated heterocycles. The van der Waals surface area contributed by atoms with Gasteiger partial charge in [-0.1, -0.05) is 30.3 Å². The average Bonchev–Trinajstić information content (AvgIpc) is 2.87. The number of esters is 1. The van der Waals surface area contributed by atoms with Gasteiger partial charge in [-0.15, -0.1) is 0 Å². The third-order valence-corrected chi connectivity index (χ3v) is 5.73. The highest BCUT2D eigenvalue weighted by Crippen LogP contribution is 2.36. The number of methoxy groups -OCH3 is 1. The maximum absolute atomic E-state index is 14.1. The minimum absolute atomic E-state index is 0.315. The summed E-state index contributed by atoms with van der Waals surface area (Å²) in [7, 11) is 1.32. The van der Waals surface area contributed by atoms with Gasteiger partial charge in [0.15, 0.2) is 0 Å². The molecule has 0 radical (unpaired) electrons. The second-order valence-corrected chi connectivity index (χ2v) is 9.43. The first-order valence-electron chi connectivity index (χ1n) is 11.7. The molecule has 1 fully saturated rings. The van der Waals surface area contributed by atoms with Crippen LogP contribution in [-0.2, 0) is 9.47 Å². The van der Waals surface area contributed by atoms with Gasteiger partial charge in [-0.05, 0) is 38.5 Å². The number of benzene rings is 1. The number of ether oxygens (including phenoxy) is 2. The van der Waals surface area contributed by atoms with E-state index in [1.165, 1.54) is 19.4 Å². The summed E-state index contributed by atoms with van der Waals surface area (Å²) in [5.74, 6) is -0.642. The maximum Gasteiger partial charge on any atom is 0.410 e. The fourth-order valence-corrected chi connectivity index (χ4v) is 4.06. The summed E-state index contributed by atoms with van der Waals surface area (Å²) in [4.78, 5) is 37.6. The smallest absolute Gasteiger partial charge is 0.410 e. The lowest BCUT2D eigenvalue weighted by Gasteiger charge is -2.36. The van der Waals surface area contributed by atoms with Gasteiger partial charge in [0.05, 0.1) is 18.4 Å². The van der Waals surface area contributed by atoms with Crippen molar-refractivity contribution >= 4 is 17.9 Å². The molecular formula is C27H29FN4O4. The maximum atomic E-state index is 14.1. The molecule has 0 spiro atoms. The van der Waals surface area contributed by atoms with Crippen molar-refractivity contribution in [2.75, 3.05) is 38.2 Å². The Balaban J connectivity index is 1.76. The number of halogens is 1. The Morgan fingerprint density at radius 1 is 0.972 bits per heavy atom. The molecule has 2 aromatic heterocycles. The molecule has 36 heavy (non-hydrogen) atoms. The summed E-state index contributed by atoms with van der Waals surface area (Å²) in [6, 6.07) is 14.0. The number of rotatable bonds is 4. The van der Waals surface area contributed by atoms with Gasteiger partial charge >= 0.3 is 12.1 Å². The molecule has 0 atom stereocenters. The van der Waals surface area contributed by atoms with Crippen LogP contribution in [0.1, 0.15) is 31.1 Å². The molecule has 8 nitrogen and oxygen atoms in total. The molecule has 0 unspecified atom stereocenters. The molecule has 0 bridgehead atoms. The zero-order chi connectivity index (χ0) is 25.9. The number of carbonyl (C=O) groups is 2. The molecule has 1 aromatic carbocycles. The van der Waals surface area contributed by atoms with Crippen LogP contribution in [0.3, 0.4) is 0 Å². The van der Waals surface area contributed by atoms with E-state index in [-0.39, 0.29) is 6.09 Å². The Kier molecular flexibility index (Phi) is 7.19. The molecule has 1 aliphatic heterocycles. The largest absolute Gasteiger partial charge is 0.465 e. The number of pyridine rings is 2. The standard InChI is InChI=1S/C27H29FN4O4/c1-27(2,3)36-26(34)32-14-12-31(13-15-32)22-17-20(25(33)35-4)23(18-8-6-5-7-9-18)24(30-22)19-10-11-29-21(28)16-19/h5-11,16-17H,12-15H2,1-4H3. The van der Waals surface area contributed by atoms with E-state index in [0.717, 1.165) is 5.56 Å². The summed E-state index contributed by atoms with van der Waals surface area (Å²) in [6.07, 6.45) is 1.00. The predicted molar refractivity (Wildman–Crippen MR) is 134 cm³/mol. The molecule has 4 rings (SSSR count). The molecule has 3 heterocycles. The average molecular weight is 493 g/mol. The van der Waals surface area contributed by atoms with Crippen molar-refractivity contribution in [3.05, 3.63) is 66.2 Å². The molecule has 1 aliphatic rings. The van der Waals surface area contributed by atoms with Gasteiger partial charge < -0.3 is 19.3 Å². The van der Waals surface area contributed by atoms with Gasteiger partial charge in [0.1, 0.15) is 11.4 Å². The zero-order valence-electron chi connectivity index (χ0n) is 20.8. The van der Waals surface area contributed by atoms with E-state index >= 15 is 0 Å². The first kappa shape index (κ1) is 25.1. The highest BCUT2D eigenvalue weighted by molar-refractivity contribution is 6.02. The second kappa shape index (κ2) is 10.3. The lowest BCUT2D eigenvalue weighted by atomic mass is 9.94. The van der Waals surface area contributed by atoms with Crippen LogP contribution in [0.4, 0.5) is 15.0 Å². The van der Waals surface area contributed by atoms with E-state index in [9.17, 15) is 14.0 Å². The van der Waals surface area contributed by atoms with Crippen LogP contribution in [-0.4, -0.2) is 65.8 Å². The van der Waals surface area contributed by atoms with Crippen molar-refractivity contribution in [1.29, 1.82) is 0 Å². The van der Waals surface area contributed by atoms with Gasteiger partial charge in [0.25, 0.3) is 0 Å². The molecule has 9 heteroatoms. The third kappa shape index (κ3) is 5.62. The minimum atomic E-state index is -0.649. The van der Waals surface area contributed by atoms with Gasteiger partial charge in [-0.25, -0.2) is 19.6 Å². The highest BCUT2D eigenvalue weighted by atomic mass is 19.1. The van der Waals surface area contributed by atoms with Crippen molar-refractivity contribution in [3.63, 3.8) is 0 Å². The van der Waals surface area contributed by atoms with Gasteiger partial charge in [-0.3, -0.25) is 0 Å². The summed E-state index contributed by atoms with van der Waals surface area (Å²) in [5, 5.41) is 0. The number of aromatic nitrogens is 2. The number of piperazine rings is 1. The SMILES string of the molecule is COC(=O)c1cc(N2CCN(C(=O)OC(C)(C)C)CC2)nc(-c2ccnc(F)c2)c1-c1ccccc1. The van der Waals surface area contributed by atoms with Gasteiger partial charge in [0.2, 0.25) is 5.95 Å². The molecule has 0 saturated carbocycles. The fraction of sp³-hybridized carbons (Fsp3) is 0.333. The number of hydrogen-bond donors (Lipinski definition) is 0. The summed E-state index contributed by atoms with van der Waals surface area (Å²) >= 11 is 0. The number of amides is 1. The quantitative estimate of drug-likeness (QED) is 0.382. The zero-order valence-corrected chi connectivity index (χ0v) is 20.8. The molecular weight excluding hydrogens is 463 g/mol. The van der Waals surface area contributed by atoms with Gasteiger partial charge in [0, 0.05) is 49.6 Å². The van der Waals surface area contributed by atoms with Crippen LogP contribution in [0.5, 0.6) is 0 Å². The number of anilines is 1. The van der Waals surface area contributed by atoms with E-state index in [1.54, 1.807) is 17.0 Å². The van der Waals surface area contributed by atoms with Crippen LogP contribution in [0, 0.1) is 5.95 Å². The van der Waals surface area contributed by atoms with Crippen molar-refractivity contribution in [2.45, 2.75) is 26.4 Å². The van der Waals surface area contributed by atoms with Crippen LogP contribution in [0.15, 0.2) is 54.7 Å². The van der Waals surface area contributed by atoms with E-state index in [2.05, 4.69) is 4.98 Å². The van der Waals surface area contributed by atoms with Crippen LogP contribution in [0.25, 0.3) is 22.4 Å². The molecule has 3 aromatic rings. The van der Waals surface area contributed by atoms with E-state index in [4.69, 9.17) is 14.5 Å². The van der Waals surface area contributed by atoms with Crippen molar-refractivity contribution in [2.24, 2.45) is 0 Å². The Morgan fingerprint density at radius 2 is 1.67 bits per heavy atom. The lowest BCUT2D eigenvalue weighted by Crippen LogP contribution is -2.50. The van der Waals surface area contributed by atoms with E-state index in [1.807, 2.05) is 56.0 Å². The van der Waals surface area contributed by atoms with Gasteiger partial charge in [-0.2, -0.15) is 4.39 Å². The molecule has 1 amide bonds. The summed E-state index contributed by atoms with van der Waals surface area (Å²) in [5.41, 5.74) is 1.96. The van der Waals surface area contributed by atoms with Crippen molar-refractivity contribution in [1.82, 2.24) is 14.9 Å². The third-order valence-electron chi connectivity index (χ3n) is 5.73. The van der Waals surface area contributed by atoms with Crippen LogP contribution >= 0.6 is 0 Å². The minimum Gasteiger partial charge on any atom is -0.465 e. The topological polar surface area (TPSA) is 84.9 Å². The van der Waals surface area contributed by atoms with Crippen molar-refractivity contribution in [3.8, 4) is 22.4 Å². The Hall–Kier alpha value is -4.01. The summed E-state index contributed by atoms with van der Waals surface area (Å²) in [6.45, 7) is 7.34. The highest BCUT2D eigenvalue weighted by Gasteiger charge is 2.28.